The number of benzene rings is 1. The molecule has 3 aromatic rings. The van der Waals surface area contributed by atoms with E-state index in [4.69, 9.17) is 4.74 Å². The van der Waals surface area contributed by atoms with Crippen LogP contribution >= 0.6 is 0 Å². The summed E-state index contributed by atoms with van der Waals surface area (Å²) in [6.07, 6.45) is 3.88. The van der Waals surface area contributed by atoms with Crippen LogP contribution in [0.4, 0.5) is 8.78 Å². The Morgan fingerprint density at radius 2 is 2.07 bits per heavy atom. The van der Waals surface area contributed by atoms with E-state index in [9.17, 15) is 13.9 Å². The molecule has 2 aliphatic heterocycles. The quantitative estimate of drug-likeness (QED) is 0.684. The Balaban J connectivity index is 1.36. The van der Waals surface area contributed by atoms with E-state index < -0.39 is 18.1 Å². The molecule has 0 aliphatic carbocycles. The van der Waals surface area contributed by atoms with Crippen molar-refractivity contribution in [1.29, 1.82) is 0 Å². The van der Waals surface area contributed by atoms with Gasteiger partial charge < -0.3 is 15.2 Å². The standard InChI is InChI=1S/C21H21F2N5O2/c1-28-10-11(9-24-28)13-8-18(29)14(7-15(13)22)16-4-5-20(27-26-16)30-19-6-12-2-3-17(25-12)21(19)23/h4-5,7-10,12,17,19,21,25,29H,2-3,6H2,1H3/t12?,17?,19-,21+/m0/s1. The van der Waals surface area contributed by atoms with Crippen LogP contribution in [0.25, 0.3) is 22.4 Å². The van der Waals surface area contributed by atoms with Gasteiger partial charge in [-0.2, -0.15) is 5.10 Å². The lowest BCUT2D eigenvalue weighted by molar-refractivity contribution is 0.0422. The number of rotatable bonds is 4. The molecule has 7 nitrogen and oxygen atoms in total. The molecule has 9 heteroatoms. The van der Waals surface area contributed by atoms with Crippen LogP contribution in [-0.2, 0) is 7.05 Å². The number of fused-ring (bicyclic) bond motifs is 2. The third-order valence-electron chi connectivity index (χ3n) is 5.82. The van der Waals surface area contributed by atoms with Crippen LogP contribution in [0.15, 0.2) is 36.7 Å². The number of hydrogen-bond donors (Lipinski definition) is 2. The van der Waals surface area contributed by atoms with Crippen LogP contribution in [0.3, 0.4) is 0 Å². The number of piperidine rings is 1. The minimum atomic E-state index is -1.09. The predicted molar refractivity (Wildman–Crippen MR) is 105 cm³/mol. The summed E-state index contributed by atoms with van der Waals surface area (Å²) in [5.41, 5.74) is 1.30. The molecule has 0 saturated carbocycles. The van der Waals surface area contributed by atoms with Crippen molar-refractivity contribution in [3.8, 4) is 34.0 Å². The smallest absolute Gasteiger partial charge is 0.233 e. The zero-order valence-corrected chi connectivity index (χ0v) is 16.3. The fourth-order valence-electron chi connectivity index (χ4n) is 4.30. The number of ether oxygens (including phenoxy) is 1. The van der Waals surface area contributed by atoms with E-state index in [0.29, 0.717) is 17.7 Å². The van der Waals surface area contributed by atoms with E-state index in [1.54, 1.807) is 30.1 Å². The molecule has 2 N–H and O–H groups in total. The third kappa shape index (κ3) is 3.39. The number of aromatic hydroxyl groups is 1. The minimum Gasteiger partial charge on any atom is -0.507 e. The molecule has 2 fully saturated rings. The molecule has 2 bridgehead atoms. The summed E-state index contributed by atoms with van der Waals surface area (Å²) in [7, 11) is 1.73. The van der Waals surface area contributed by atoms with E-state index in [-0.39, 0.29) is 34.8 Å². The Morgan fingerprint density at radius 3 is 2.80 bits per heavy atom. The first-order chi connectivity index (χ1) is 14.5. The van der Waals surface area contributed by atoms with Crippen molar-refractivity contribution in [2.45, 2.75) is 43.6 Å². The van der Waals surface area contributed by atoms with Gasteiger partial charge in [-0.3, -0.25) is 4.68 Å². The van der Waals surface area contributed by atoms with Crippen molar-refractivity contribution in [3.63, 3.8) is 0 Å². The maximum atomic E-state index is 14.7. The highest BCUT2D eigenvalue weighted by Gasteiger charge is 2.43. The zero-order chi connectivity index (χ0) is 20.8. The van der Waals surface area contributed by atoms with E-state index in [1.807, 2.05) is 0 Å². The van der Waals surface area contributed by atoms with Crippen LogP contribution in [0.2, 0.25) is 0 Å². The Kier molecular flexibility index (Phi) is 4.62. The van der Waals surface area contributed by atoms with Crippen LogP contribution in [0.5, 0.6) is 11.6 Å². The number of alkyl halides is 1. The average Bonchev–Trinajstić information content (AvgIpc) is 3.35. The molecular formula is C21H21F2N5O2. The number of aryl methyl sites for hydroxylation is 1. The molecule has 2 saturated heterocycles. The van der Waals surface area contributed by atoms with E-state index in [0.717, 1.165) is 12.8 Å². The van der Waals surface area contributed by atoms with Crippen molar-refractivity contribution in [2.24, 2.45) is 7.05 Å². The Morgan fingerprint density at radius 1 is 1.20 bits per heavy atom. The second-order valence-corrected chi connectivity index (χ2v) is 7.89. The molecule has 156 valence electrons. The van der Waals surface area contributed by atoms with Crippen LogP contribution in [-0.4, -0.2) is 49.4 Å². The molecule has 0 spiro atoms. The SMILES string of the molecule is Cn1cc(-c2cc(O)c(-c3ccc(O[C@H]4CC5CCC(N5)[C@H]4F)nn3)cc2F)cn1. The van der Waals surface area contributed by atoms with Crippen LogP contribution in [0.1, 0.15) is 19.3 Å². The fourth-order valence-corrected chi connectivity index (χ4v) is 4.30. The third-order valence-corrected chi connectivity index (χ3v) is 5.82. The van der Waals surface area contributed by atoms with E-state index >= 15 is 0 Å². The molecule has 4 heterocycles. The number of halogens is 2. The van der Waals surface area contributed by atoms with Crippen molar-refractivity contribution in [2.75, 3.05) is 0 Å². The lowest BCUT2D eigenvalue weighted by Gasteiger charge is -2.32. The fraction of sp³-hybridized carbons (Fsp3) is 0.381. The topological polar surface area (TPSA) is 85.1 Å². The molecule has 2 aromatic heterocycles. The normalized spacial score (nSPS) is 25.4. The first-order valence-electron chi connectivity index (χ1n) is 9.90. The maximum absolute atomic E-state index is 14.7. The summed E-state index contributed by atoms with van der Waals surface area (Å²) in [5.74, 6) is -0.431. The molecule has 1 aromatic carbocycles. The van der Waals surface area contributed by atoms with Gasteiger partial charge in [-0.1, -0.05) is 0 Å². The summed E-state index contributed by atoms with van der Waals surface area (Å²) in [6.45, 7) is 0. The van der Waals surface area contributed by atoms with Gasteiger partial charge >= 0.3 is 0 Å². The van der Waals surface area contributed by atoms with Gasteiger partial charge in [0.1, 0.15) is 17.7 Å². The van der Waals surface area contributed by atoms with Gasteiger partial charge in [-0.05, 0) is 31.0 Å². The van der Waals surface area contributed by atoms with Crippen molar-refractivity contribution >= 4 is 0 Å². The first kappa shape index (κ1) is 18.9. The Labute approximate surface area is 171 Å². The summed E-state index contributed by atoms with van der Waals surface area (Å²) < 4.78 is 36.5. The van der Waals surface area contributed by atoms with Gasteiger partial charge in [0.2, 0.25) is 5.88 Å². The first-order valence-corrected chi connectivity index (χ1v) is 9.90. The number of aromatic nitrogens is 4. The Hall–Kier alpha value is -3.07. The second kappa shape index (κ2) is 7.32. The lowest BCUT2D eigenvalue weighted by atomic mass is 10.0. The summed E-state index contributed by atoms with van der Waals surface area (Å²) in [4.78, 5) is 0. The molecule has 2 aliphatic rings. The number of phenolic OH excluding ortho intramolecular Hbond substituents is 1. The van der Waals surface area contributed by atoms with Crippen molar-refractivity contribution in [3.05, 3.63) is 42.5 Å². The van der Waals surface area contributed by atoms with Gasteiger partial charge in [-0.25, -0.2) is 8.78 Å². The van der Waals surface area contributed by atoms with Gasteiger partial charge in [0.15, 0.2) is 6.17 Å². The van der Waals surface area contributed by atoms with Crippen LogP contribution in [0, 0.1) is 5.82 Å². The van der Waals surface area contributed by atoms with Crippen molar-refractivity contribution in [1.82, 2.24) is 25.3 Å². The summed E-state index contributed by atoms with van der Waals surface area (Å²) >= 11 is 0. The minimum absolute atomic E-state index is 0.128. The highest BCUT2D eigenvalue weighted by molar-refractivity contribution is 5.74. The zero-order valence-electron chi connectivity index (χ0n) is 16.3. The van der Waals surface area contributed by atoms with Gasteiger partial charge in [0.05, 0.1) is 11.9 Å². The molecule has 0 radical (unpaired) electrons. The highest BCUT2D eigenvalue weighted by Crippen LogP contribution is 2.35. The number of nitrogens with zero attached hydrogens (tertiary/aromatic N) is 4. The summed E-state index contributed by atoms with van der Waals surface area (Å²) in [6, 6.07) is 5.79. The molecule has 0 amide bonds. The average molecular weight is 413 g/mol. The molecule has 2 unspecified atom stereocenters. The molecule has 5 rings (SSSR count). The number of nitrogens with one attached hydrogen (secondary N) is 1. The van der Waals surface area contributed by atoms with E-state index in [2.05, 4.69) is 20.6 Å². The maximum Gasteiger partial charge on any atom is 0.233 e. The number of phenols is 1. The van der Waals surface area contributed by atoms with Crippen molar-refractivity contribution < 1.29 is 18.6 Å². The van der Waals surface area contributed by atoms with Gasteiger partial charge in [-0.15, -0.1) is 10.2 Å². The van der Waals surface area contributed by atoms with Crippen LogP contribution < -0.4 is 10.1 Å². The molecular weight excluding hydrogens is 392 g/mol. The van der Waals surface area contributed by atoms with E-state index in [1.165, 1.54) is 18.3 Å². The highest BCUT2D eigenvalue weighted by atomic mass is 19.1. The molecule has 30 heavy (non-hydrogen) atoms. The Bertz CT molecular complexity index is 1070. The summed E-state index contributed by atoms with van der Waals surface area (Å²) in [5, 5.41) is 25.7. The van der Waals surface area contributed by atoms with Gasteiger partial charge in [0.25, 0.3) is 0 Å². The largest absolute Gasteiger partial charge is 0.507 e. The van der Waals surface area contributed by atoms with Gasteiger partial charge in [0, 0.05) is 54.5 Å². The lowest BCUT2D eigenvalue weighted by Crippen LogP contribution is -2.51. The second-order valence-electron chi connectivity index (χ2n) is 7.89. The number of hydrogen-bond acceptors (Lipinski definition) is 6. The monoisotopic (exact) mass is 413 g/mol. The molecule has 4 atom stereocenters. The predicted octanol–water partition coefficient (Wildman–Crippen LogP) is 3.00.